The monoisotopic (exact) mass is 511 g/mol. The first-order valence-corrected chi connectivity index (χ1v) is 11.1. The first-order valence-electron chi connectivity index (χ1n) is 10.4. The molecule has 0 radical (unpaired) electrons. The molecule has 2 N–H and O–H groups in total. The van der Waals surface area contributed by atoms with E-state index in [2.05, 4.69) is 10.3 Å². The molecule has 1 aliphatic heterocycles. The van der Waals surface area contributed by atoms with Gasteiger partial charge in [-0.2, -0.15) is 0 Å². The van der Waals surface area contributed by atoms with Gasteiger partial charge >= 0.3 is 0 Å². The van der Waals surface area contributed by atoms with Crippen molar-refractivity contribution in [3.8, 4) is 5.75 Å². The molecule has 4 rings (SSSR count). The number of benzene rings is 2. The maximum atomic E-state index is 13.2. The lowest BCUT2D eigenvalue weighted by Gasteiger charge is -2.25. The highest BCUT2D eigenvalue weighted by Crippen LogP contribution is 2.43. The highest BCUT2D eigenvalue weighted by atomic mass is 35.5. The number of halogens is 2. The third-order valence-corrected chi connectivity index (χ3v) is 5.89. The van der Waals surface area contributed by atoms with Gasteiger partial charge in [0.15, 0.2) is 5.75 Å². The van der Waals surface area contributed by atoms with E-state index in [-0.39, 0.29) is 32.8 Å². The van der Waals surface area contributed by atoms with Crippen molar-refractivity contribution >= 4 is 57.9 Å². The number of ether oxygens (including phenoxy) is 1. The van der Waals surface area contributed by atoms with Crippen molar-refractivity contribution < 1.29 is 24.2 Å². The average molecular weight is 512 g/mol. The number of ketones is 1. The Hall–Kier alpha value is -3.88. The number of hydrogen-bond donors (Lipinski definition) is 2. The van der Waals surface area contributed by atoms with Crippen LogP contribution in [0.25, 0.3) is 5.76 Å². The van der Waals surface area contributed by atoms with E-state index in [1.807, 2.05) is 0 Å². The number of rotatable bonds is 5. The van der Waals surface area contributed by atoms with Gasteiger partial charge in [0.05, 0.1) is 28.4 Å². The van der Waals surface area contributed by atoms with Gasteiger partial charge in [0.1, 0.15) is 11.8 Å². The Balaban J connectivity index is 1.92. The van der Waals surface area contributed by atoms with E-state index >= 15 is 0 Å². The highest BCUT2D eigenvalue weighted by molar-refractivity contribution is 6.51. The second-order valence-electron chi connectivity index (χ2n) is 7.63. The minimum Gasteiger partial charge on any atom is -0.507 e. The molecule has 2 amide bonds. The summed E-state index contributed by atoms with van der Waals surface area (Å²) in [6, 6.07) is 13.2. The van der Waals surface area contributed by atoms with Crippen LogP contribution in [0.4, 0.5) is 11.4 Å². The zero-order valence-electron chi connectivity index (χ0n) is 18.6. The number of Topliss-reactive ketones (excluding diaryl/α,β-unsaturated/α-hetero) is 1. The standard InChI is InChI=1S/C25H19Cl2N3O5/c1-13(31)29-15-6-5-7-16(12-15)30-21(19-8-3-4-9-28-19)20(23(33)25(30)34)22(32)14-10-17(26)24(35-2)18(27)11-14/h3-12,21,32H,1-2H3,(H,29,31)/b22-20+. The van der Waals surface area contributed by atoms with Gasteiger partial charge in [-0.15, -0.1) is 0 Å². The number of methoxy groups -OCH3 is 1. The van der Waals surface area contributed by atoms with E-state index in [1.165, 1.54) is 37.3 Å². The van der Waals surface area contributed by atoms with Crippen LogP contribution in [0.2, 0.25) is 10.0 Å². The summed E-state index contributed by atoms with van der Waals surface area (Å²) in [5.74, 6) is -2.33. The third kappa shape index (κ3) is 4.58. The summed E-state index contributed by atoms with van der Waals surface area (Å²) in [5, 5.41) is 14.1. The van der Waals surface area contributed by atoms with Crippen LogP contribution in [-0.2, 0) is 14.4 Å². The molecular formula is C25H19Cl2N3O5. The van der Waals surface area contributed by atoms with Crippen LogP contribution in [0.1, 0.15) is 24.2 Å². The molecule has 0 saturated carbocycles. The lowest BCUT2D eigenvalue weighted by atomic mass is 9.98. The number of carbonyl (C=O) groups excluding carboxylic acids is 3. The maximum absolute atomic E-state index is 13.2. The summed E-state index contributed by atoms with van der Waals surface area (Å²) in [6.07, 6.45) is 1.52. The molecule has 2 aromatic carbocycles. The molecule has 1 saturated heterocycles. The van der Waals surface area contributed by atoms with Gasteiger partial charge in [0.2, 0.25) is 5.91 Å². The van der Waals surface area contributed by atoms with E-state index in [0.29, 0.717) is 17.1 Å². The van der Waals surface area contributed by atoms with Crippen LogP contribution in [0.5, 0.6) is 5.75 Å². The van der Waals surface area contributed by atoms with Crippen molar-refractivity contribution in [2.24, 2.45) is 0 Å². The fraction of sp³-hybridized carbons (Fsp3) is 0.120. The number of pyridine rings is 1. The Labute approximate surface area is 210 Å². The number of hydrogen-bond acceptors (Lipinski definition) is 6. The predicted octanol–water partition coefficient (Wildman–Crippen LogP) is 4.98. The normalized spacial score (nSPS) is 16.9. The number of amides is 2. The van der Waals surface area contributed by atoms with Crippen molar-refractivity contribution in [2.45, 2.75) is 13.0 Å². The van der Waals surface area contributed by atoms with Gasteiger partial charge in [-0.25, -0.2) is 0 Å². The number of carbonyl (C=O) groups is 3. The van der Waals surface area contributed by atoms with Crippen molar-refractivity contribution in [3.05, 3.63) is 87.7 Å². The summed E-state index contributed by atoms with van der Waals surface area (Å²) in [7, 11) is 1.40. The first-order chi connectivity index (χ1) is 16.7. The fourth-order valence-corrected chi connectivity index (χ4v) is 4.54. The van der Waals surface area contributed by atoms with Gasteiger partial charge in [-0.1, -0.05) is 35.3 Å². The number of aliphatic hydroxyl groups excluding tert-OH is 1. The number of aliphatic hydroxyl groups is 1. The van der Waals surface area contributed by atoms with E-state index < -0.39 is 23.5 Å². The molecule has 1 atom stereocenters. The van der Waals surface area contributed by atoms with E-state index in [1.54, 1.807) is 42.5 Å². The van der Waals surface area contributed by atoms with Gasteiger partial charge in [0.25, 0.3) is 11.7 Å². The maximum Gasteiger partial charge on any atom is 0.300 e. The molecule has 2 heterocycles. The first kappa shape index (κ1) is 24.3. The van der Waals surface area contributed by atoms with Gasteiger partial charge < -0.3 is 15.2 Å². The van der Waals surface area contributed by atoms with Crippen LogP contribution >= 0.6 is 23.2 Å². The Morgan fingerprint density at radius 1 is 1.09 bits per heavy atom. The van der Waals surface area contributed by atoms with Crippen molar-refractivity contribution in [2.75, 3.05) is 17.3 Å². The molecule has 1 fully saturated rings. The average Bonchev–Trinajstić information content (AvgIpc) is 3.09. The Bertz CT molecular complexity index is 1350. The lowest BCUT2D eigenvalue weighted by molar-refractivity contribution is -0.132. The predicted molar refractivity (Wildman–Crippen MR) is 133 cm³/mol. The molecular weight excluding hydrogens is 493 g/mol. The molecule has 0 spiro atoms. The Morgan fingerprint density at radius 3 is 2.40 bits per heavy atom. The quantitative estimate of drug-likeness (QED) is 0.284. The second kappa shape index (κ2) is 9.77. The molecule has 8 nitrogen and oxygen atoms in total. The minimum absolute atomic E-state index is 0.119. The molecule has 1 aromatic heterocycles. The summed E-state index contributed by atoms with van der Waals surface area (Å²) >= 11 is 12.5. The summed E-state index contributed by atoms with van der Waals surface area (Å²) < 4.78 is 5.15. The van der Waals surface area contributed by atoms with E-state index in [4.69, 9.17) is 27.9 Å². The lowest BCUT2D eigenvalue weighted by Crippen LogP contribution is -2.30. The van der Waals surface area contributed by atoms with Crippen LogP contribution in [0.3, 0.4) is 0 Å². The number of aromatic nitrogens is 1. The molecule has 1 aliphatic rings. The number of nitrogens with one attached hydrogen (secondary N) is 1. The van der Waals surface area contributed by atoms with Crippen molar-refractivity contribution in [1.29, 1.82) is 0 Å². The van der Waals surface area contributed by atoms with E-state index in [9.17, 15) is 19.5 Å². The van der Waals surface area contributed by atoms with Crippen LogP contribution in [0, 0.1) is 0 Å². The summed E-state index contributed by atoms with van der Waals surface area (Å²) in [5.41, 5.74) is 1.07. The Morgan fingerprint density at radius 2 is 1.80 bits per heavy atom. The molecule has 0 aliphatic carbocycles. The molecule has 35 heavy (non-hydrogen) atoms. The number of nitrogens with zero attached hydrogens (tertiary/aromatic N) is 2. The molecule has 3 aromatic rings. The Kier molecular flexibility index (Phi) is 6.77. The van der Waals surface area contributed by atoms with Gasteiger partial charge in [-0.3, -0.25) is 24.3 Å². The summed E-state index contributed by atoms with van der Waals surface area (Å²) in [4.78, 5) is 43.6. The second-order valence-corrected chi connectivity index (χ2v) is 8.44. The molecule has 178 valence electrons. The number of anilines is 2. The van der Waals surface area contributed by atoms with Gasteiger partial charge in [0, 0.05) is 30.1 Å². The van der Waals surface area contributed by atoms with Crippen molar-refractivity contribution in [3.63, 3.8) is 0 Å². The smallest absolute Gasteiger partial charge is 0.300 e. The van der Waals surface area contributed by atoms with E-state index in [0.717, 1.165) is 0 Å². The molecule has 10 heteroatoms. The third-order valence-electron chi connectivity index (χ3n) is 5.33. The fourth-order valence-electron chi connectivity index (χ4n) is 3.90. The topological polar surface area (TPSA) is 109 Å². The zero-order valence-corrected chi connectivity index (χ0v) is 20.1. The molecule has 1 unspecified atom stereocenters. The van der Waals surface area contributed by atoms with Crippen LogP contribution in [-0.4, -0.2) is 34.8 Å². The van der Waals surface area contributed by atoms with Crippen LogP contribution in [0.15, 0.2) is 66.4 Å². The van der Waals surface area contributed by atoms with Crippen LogP contribution < -0.4 is 15.0 Å². The molecule has 0 bridgehead atoms. The van der Waals surface area contributed by atoms with Gasteiger partial charge in [-0.05, 0) is 42.5 Å². The van der Waals surface area contributed by atoms with Crippen molar-refractivity contribution in [1.82, 2.24) is 4.98 Å². The highest BCUT2D eigenvalue weighted by Gasteiger charge is 2.47. The largest absolute Gasteiger partial charge is 0.507 e. The SMILES string of the molecule is COc1c(Cl)cc(/C(O)=C2\C(=O)C(=O)N(c3cccc(NC(C)=O)c3)C2c2ccccn2)cc1Cl. The zero-order chi connectivity index (χ0) is 25.3. The minimum atomic E-state index is -1.05. The summed E-state index contributed by atoms with van der Waals surface area (Å²) in [6.45, 7) is 1.36.